The second kappa shape index (κ2) is 7.93. The molecule has 2 aromatic rings. The van der Waals surface area contributed by atoms with E-state index in [-0.39, 0.29) is 25.5 Å². The summed E-state index contributed by atoms with van der Waals surface area (Å²) in [6.07, 6.45) is -4.22. The van der Waals surface area contributed by atoms with Gasteiger partial charge < -0.3 is 19.9 Å². The standard InChI is InChI=1S/C21H18F3N3O4/c22-21(23,24)14-2-5-16(6-3-14)26-7-9-27(10-8-26)20(30)19(29)25-15-4-1-13-11-18(28)31-17(13)12-15/h1-6,12H,7-11H2,(H,25,29). The van der Waals surface area contributed by atoms with Crippen LogP contribution in [0.4, 0.5) is 24.5 Å². The van der Waals surface area contributed by atoms with Crippen molar-refractivity contribution in [2.24, 2.45) is 0 Å². The number of halogens is 3. The molecule has 10 heteroatoms. The highest BCUT2D eigenvalue weighted by atomic mass is 19.4. The number of hydrogen-bond acceptors (Lipinski definition) is 5. The van der Waals surface area contributed by atoms with Crippen LogP contribution >= 0.6 is 0 Å². The highest BCUT2D eigenvalue weighted by molar-refractivity contribution is 6.39. The smallest absolute Gasteiger partial charge is 0.416 e. The quantitative estimate of drug-likeness (QED) is 0.447. The molecule has 0 atom stereocenters. The van der Waals surface area contributed by atoms with Gasteiger partial charge in [0.15, 0.2) is 0 Å². The number of rotatable bonds is 2. The third kappa shape index (κ3) is 4.47. The molecule has 4 rings (SSSR count). The van der Waals surface area contributed by atoms with Gasteiger partial charge in [0, 0.05) is 49.2 Å². The van der Waals surface area contributed by atoms with Crippen molar-refractivity contribution in [2.75, 3.05) is 36.4 Å². The van der Waals surface area contributed by atoms with Crippen molar-refractivity contribution >= 4 is 29.2 Å². The Kier molecular flexibility index (Phi) is 5.30. The minimum absolute atomic E-state index is 0.172. The number of anilines is 2. The van der Waals surface area contributed by atoms with Crippen molar-refractivity contribution in [3.63, 3.8) is 0 Å². The molecule has 0 aromatic heterocycles. The molecule has 0 radical (unpaired) electrons. The molecule has 31 heavy (non-hydrogen) atoms. The van der Waals surface area contributed by atoms with Crippen molar-refractivity contribution < 1.29 is 32.3 Å². The van der Waals surface area contributed by atoms with Crippen LogP contribution in [0.1, 0.15) is 11.1 Å². The van der Waals surface area contributed by atoms with Crippen molar-refractivity contribution in [1.29, 1.82) is 0 Å². The molecular weight excluding hydrogens is 415 g/mol. The van der Waals surface area contributed by atoms with E-state index in [4.69, 9.17) is 4.74 Å². The fraction of sp³-hybridized carbons (Fsp3) is 0.286. The number of alkyl halides is 3. The van der Waals surface area contributed by atoms with Gasteiger partial charge in [0.05, 0.1) is 12.0 Å². The Balaban J connectivity index is 1.32. The van der Waals surface area contributed by atoms with Crippen LogP contribution in [0.25, 0.3) is 0 Å². The molecule has 162 valence electrons. The Labute approximate surface area is 175 Å². The third-order valence-corrected chi connectivity index (χ3v) is 5.20. The number of nitrogens with zero attached hydrogens (tertiary/aromatic N) is 2. The summed E-state index contributed by atoms with van der Waals surface area (Å²) in [6, 6.07) is 9.58. The molecule has 0 spiro atoms. The number of fused-ring (bicyclic) bond motifs is 1. The Bertz CT molecular complexity index is 1030. The van der Waals surface area contributed by atoms with Gasteiger partial charge in [0.1, 0.15) is 5.75 Å². The Morgan fingerprint density at radius 2 is 1.65 bits per heavy atom. The van der Waals surface area contributed by atoms with Gasteiger partial charge in [-0.05, 0) is 30.3 Å². The minimum atomic E-state index is -4.39. The maximum Gasteiger partial charge on any atom is 0.416 e. The van der Waals surface area contributed by atoms with Crippen LogP contribution in [0.2, 0.25) is 0 Å². The van der Waals surface area contributed by atoms with Crippen LogP contribution in [-0.2, 0) is 27.0 Å². The average molecular weight is 433 g/mol. The molecule has 0 unspecified atom stereocenters. The minimum Gasteiger partial charge on any atom is -0.426 e. The Morgan fingerprint density at radius 3 is 2.29 bits per heavy atom. The zero-order valence-corrected chi connectivity index (χ0v) is 16.2. The molecule has 0 saturated carbocycles. The summed E-state index contributed by atoms with van der Waals surface area (Å²) in [4.78, 5) is 39.4. The molecule has 2 aliphatic rings. The highest BCUT2D eigenvalue weighted by Crippen LogP contribution is 2.31. The van der Waals surface area contributed by atoms with Crippen LogP contribution < -0.4 is 15.0 Å². The van der Waals surface area contributed by atoms with Gasteiger partial charge in [0.2, 0.25) is 0 Å². The van der Waals surface area contributed by atoms with Gasteiger partial charge in [-0.15, -0.1) is 0 Å². The number of ether oxygens (including phenoxy) is 1. The first kappa shape index (κ1) is 20.7. The van der Waals surface area contributed by atoms with E-state index in [1.165, 1.54) is 23.1 Å². The molecule has 1 fully saturated rings. The van der Waals surface area contributed by atoms with Crippen molar-refractivity contribution in [3.05, 3.63) is 53.6 Å². The number of esters is 1. The van der Waals surface area contributed by atoms with Crippen LogP contribution in [0.3, 0.4) is 0 Å². The van der Waals surface area contributed by atoms with E-state index in [1.54, 1.807) is 12.1 Å². The molecule has 2 aromatic carbocycles. The van der Waals surface area contributed by atoms with Crippen molar-refractivity contribution in [2.45, 2.75) is 12.6 Å². The van der Waals surface area contributed by atoms with Gasteiger partial charge in [0.25, 0.3) is 0 Å². The fourth-order valence-electron chi connectivity index (χ4n) is 3.54. The molecule has 0 bridgehead atoms. The Morgan fingerprint density at radius 1 is 0.968 bits per heavy atom. The summed E-state index contributed by atoms with van der Waals surface area (Å²) in [6.45, 7) is 1.29. The maximum atomic E-state index is 12.7. The van der Waals surface area contributed by atoms with Gasteiger partial charge in [-0.2, -0.15) is 13.2 Å². The molecule has 7 nitrogen and oxygen atoms in total. The first-order chi connectivity index (χ1) is 14.7. The van der Waals surface area contributed by atoms with E-state index >= 15 is 0 Å². The van der Waals surface area contributed by atoms with E-state index in [2.05, 4.69) is 5.32 Å². The summed E-state index contributed by atoms with van der Waals surface area (Å²) in [5.74, 6) is -1.53. The number of nitrogens with one attached hydrogen (secondary N) is 1. The normalized spacial score (nSPS) is 16.0. The second-order valence-electron chi connectivity index (χ2n) is 7.25. The van der Waals surface area contributed by atoms with E-state index in [0.717, 1.165) is 12.1 Å². The predicted molar refractivity (Wildman–Crippen MR) is 105 cm³/mol. The molecule has 2 aliphatic heterocycles. The average Bonchev–Trinajstić information content (AvgIpc) is 3.12. The largest absolute Gasteiger partial charge is 0.426 e. The molecule has 2 amide bonds. The molecular formula is C21H18F3N3O4. The number of carbonyl (C=O) groups is 3. The lowest BCUT2D eigenvalue weighted by Gasteiger charge is -2.35. The summed E-state index contributed by atoms with van der Waals surface area (Å²) in [7, 11) is 0. The number of piperazine rings is 1. The summed E-state index contributed by atoms with van der Waals surface area (Å²) >= 11 is 0. The number of amides is 2. The summed E-state index contributed by atoms with van der Waals surface area (Å²) in [5, 5.41) is 2.51. The van der Waals surface area contributed by atoms with Crippen molar-refractivity contribution in [3.8, 4) is 5.75 Å². The summed E-state index contributed by atoms with van der Waals surface area (Å²) in [5.41, 5.74) is 0.962. The highest BCUT2D eigenvalue weighted by Gasteiger charge is 2.31. The van der Waals surface area contributed by atoms with Crippen molar-refractivity contribution in [1.82, 2.24) is 4.90 Å². The van der Waals surface area contributed by atoms with E-state index < -0.39 is 23.6 Å². The van der Waals surface area contributed by atoms with Crippen LogP contribution in [-0.4, -0.2) is 48.9 Å². The predicted octanol–water partition coefficient (Wildman–Crippen LogP) is 2.45. The second-order valence-corrected chi connectivity index (χ2v) is 7.25. The lowest BCUT2D eigenvalue weighted by atomic mass is 10.1. The van der Waals surface area contributed by atoms with E-state index in [1.807, 2.05) is 4.90 Å². The van der Waals surface area contributed by atoms with Gasteiger partial charge in [-0.3, -0.25) is 14.4 Å². The topological polar surface area (TPSA) is 79.0 Å². The van der Waals surface area contributed by atoms with E-state index in [9.17, 15) is 27.6 Å². The molecule has 1 N–H and O–H groups in total. The zero-order chi connectivity index (χ0) is 22.2. The van der Waals surface area contributed by atoms with E-state index in [0.29, 0.717) is 35.8 Å². The first-order valence-electron chi connectivity index (χ1n) is 9.57. The SMILES string of the molecule is O=C1Cc2ccc(NC(=O)C(=O)N3CCN(c4ccc(C(F)(F)F)cc4)CC3)cc2O1. The molecule has 0 aliphatic carbocycles. The van der Waals surface area contributed by atoms with Crippen LogP contribution in [0, 0.1) is 0 Å². The molecule has 1 saturated heterocycles. The fourth-order valence-corrected chi connectivity index (χ4v) is 3.54. The van der Waals surface area contributed by atoms with Gasteiger partial charge in [-0.25, -0.2) is 0 Å². The molecule has 2 heterocycles. The first-order valence-corrected chi connectivity index (χ1v) is 9.57. The van der Waals surface area contributed by atoms with Crippen LogP contribution in [0.5, 0.6) is 5.75 Å². The number of benzene rings is 2. The Hall–Kier alpha value is -3.56. The maximum absolute atomic E-state index is 12.7. The number of carbonyl (C=O) groups excluding carboxylic acids is 3. The number of hydrogen-bond donors (Lipinski definition) is 1. The van der Waals surface area contributed by atoms with Gasteiger partial charge >= 0.3 is 24.0 Å². The van der Waals surface area contributed by atoms with Gasteiger partial charge in [-0.1, -0.05) is 6.07 Å². The zero-order valence-electron chi connectivity index (χ0n) is 16.2. The lowest BCUT2D eigenvalue weighted by molar-refractivity contribution is -0.143. The van der Waals surface area contributed by atoms with Crippen LogP contribution in [0.15, 0.2) is 42.5 Å². The lowest BCUT2D eigenvalue weighted by Crippen LogP contribution is -2.51. The third-order valence-electron chi connectivity index (χ3n) is 5.20. The summed E-state index contributed by atoms with van der Waals surface area (Å²) < 4.78 is 43.1. The monoisotopic (exact) mass is 433 g/mol.